The highest BCUT2D eigenvalue weighted by Crippen LogP contribution is 2.52. The fraction of sp³-hybridized carbons (Fsp3) is 1.00. The van der Waals surface area contributed by atoms with Crippen LogP contribution in [0.25, 0.3) is 0 Å². The van der Waals surface area contributed by atoms with Gasteiger partial charge in [0.2, 0.25) is 0 Å². The van der Waals surface area contributed by atoms with Gasteiger partial charge in [0.25, 0.3) is 0 Å². The SMILES string of the molecule is CCCP(N1CC1)N1CC1. The van der Waals surface area contributed by atoms with E-state index in [4.69, 9.17) is 0 Å². The smallest absolute Gasteiger partial charge is 0.0396 e. The van der Waals surface area contributed by atoms with Gasteiger partial charge in [-0.15, -0.1) is 0 Å². The summed E-state index contributed by atoms with van der Waals surface area (Å²) in [6.45, 7) is 7.80. The maximum absolute atomic E-state index is 2.63. The molecule has 2 nitrogen and oxygen atoms in total. The van der Waals surface area contributed by atoms with Gasteiger partial charge >= 0.3 is 0 Å². The standard InChI is InChI=1S/C7H15N2P/c1-2-7-10(8-3-4-8)9-5-6-9/h2-7H2,1H3. The van der Waals surface area contributed by atoms with E-state index in [1.54, 1.807) is 0 Å². The molecule has 0 aromatic rings. The van der Waals surface area contributed by atoms with Gasteiger partial charge in [0.05, 0.1) is 0 Å². The highest BCUT2D eigenvalue weighted by Gasteiger charge is 2.36. The van der Waals surface area contributed by atoms with Crippen LogP contribution in [0, 0.1) is 0 Å². The summed E-state index contributed by atoms with van der Waals surface area (Å²) in [5, 5.41) is 0. The van der Waals surface area contributed by atoms with Gasteiger partial charge < -0.3 is 0 Å². The van der Waals surface area contributed by atoms with Crippen LogP contribution in [0.1, 0.15) is 13.3 Å². The summed E-state index contributed by atoms with van der Waals surface area (Å²) in [5.74, 6) is 0. The molecule has 0 aromatic carbocycles. The maximum Gasteiger partial charge on any atom is 0.0396 e. The number of rotatable bonds is 4. The minimum absolute atomic E-state index is 0.210. The van der Waals surface area contributed by atoms with Gasteiger partial charge in [-0.1, -0.05) is 6.92 Å². The van der Waals surface area contributed by atoms with Crippen molar-refractivity contribution in [2.75, 3.05) is 32.3 Å². The molecule has 0 unspecified atom stereocenters. The lowest BCUT2D eigenvalue weighted by atomic mass is 10.6. The van der Waals surface area contributed by atoms with Crippen LogP contribution < -0.4 is 0 Å². The van der Waals surface area contributed by atoms with Crippen molar-refractivity contribution in [2.45, 2.75) is 13.3 Å². The molecule has 0 aliphatic carbocycles. The second-order valence-electron chi connectivity index (χ2n) is 3.00. The van der Waals surface area contributed by atoms with E-state index in [0.717, 1.165) is 0 Å². The van der Waals surface area contributed by atoms with Gasteiger partial charge in [0, 0.05) is 34.4 Å². The zero-order chi connectivity index (χ0) is 6.97. The first-order chi connectivity index (χ1) is 4.92. The summed E-state index contributed by atoms with van der Waals surface area (Å²) in [5.41, 5.74) is 0. The minimum atomic E-state index is 0.210. The van der Waals surface area contributed by atoms with Crippen LogP contribution in [0.15, 0.2) is 0 Å². The molecule has 2 fully saturated rings. The third-order valence-corrected chi connectivity index (χ3v) is 4.88. The molecule has 0 radical (unpaired) electrons. The minimum Gasteiger partial charge on any atom is -0.267 e. The van der Waals surface area contributed by atoms with Crippen LogP contribution in [0.5, 0.6) is 0 Å². The van der Waals surface area contributed by atoms with Gasteiger partial charge in [-0.05, 0) is 12.6 Å². The molecule has 0 aromatic heterocycles. The number of nitrogens with zero attached hydrogens (tertiary/aromatic N) is 2. The lowest BCUT2D eigenvalue weighted by molar-refractivity contribution is 0.783. The summed E-state index contributed by atoms with van der Waals surface area (Å²) in [4.78, 5) is 0. The van der Waals surface area contributed by atoms with Crippen molar-refractivity contribution >= 4 is 8.22 Å². The van der Waals surface area contributed by atoms with Crippen LogP contribution >= 0.6 is 8.22 Å². The molecule has 0 spiro atoms. The van der Waals surface area contributed by atoms with E-state index in [1.807, 2.05) is 0 Å². The quantitative estimate of drug-likeness (QED) is 0.450. The Kier molecular flexibility index (Phi) is 1.94. The molecule has 3 heteroatoms. The molecule has 2 aliphatic rings. The lowest BCUT2D eigenvalue weighted by Gasteiger charge is -2.17. The molecule has 0 bridgehead atoms. The fourth-order valence-electron chi connectivity index (χ4n) is 1.21. The Morgan fingerprint density at radius 2 is 1.60 bits per heavy atom. The van der Waals surface area contributed by atoms with Crippen LogP contribution in [0.3, 0.4) is 0 Å². The third-order valence-electron chi connectivity index (χ3n) is 1.92. The Morgan fingerprint density at radius 1 is 1.10 bits per heavy atom. The molecule has 58 valence electrons. The Labute approximate surface area is 64.0 Å². The van der Waals surface area contributed by atoms with Gasteiger partial charge in [-0.3, -0.25) is 9.34 Å². The second kappa shape index (κ2) is 2.77. The highest BCUT2D eigenvalue weighted by atomic mass is 31.1. The molecule has 2 heterocycles. The lowest BCUT2D eigenvalue weighted by Crippen LogP contribution is -2.01. The Bertz CT molecular complexity index is 109. The van der Waals surface area contributed by atoms with E-state index in [2.05, 4.69) is 16.3 Å². The third kappa shape index (κ3) is 1.50. The summed E-state index contributed by atoms with van der Waals surface area (Å²) >= 11 is 0. The van der Waals surface area contributed by atoms with E-state index < -0.39 is 0 Å². The summed E-state index contributed by atoms with van der Waals surface area (Å²) < 4.78 is 5.26. The van der Waals surface area contributed by atoms with Crippen LogP contribution in [0.2, 0.25) is 0 Å². The molecule has 2 rings (SSSR count). The van der Waals surface area contributed by atoms with E-state index in [9.17, 15) is 0 Å². The maximum atomic E-state index is 2.63. The van der Waals surface area contributed by atoms with Gasteiger partial charge in [-0.25, -0.2) is 0 Å². The second-order valence-corrected chi connectivity index (χ2v) is 5.33. The van der Waals surface area contributed by atoms with Crippen molar-refractivity contribution in [3.8, 4) is 0 Å². The fourth-order valence-corrected chi connectivity index (χ4v) is 3.64. The van der Waals surface area contributed by atoms with Gasteiger partial charge in [-0.2, -0.15) is 0 Å². The van der Waals surface area contributed by atoms with Crippen molar-refractivity contribution in [1.29, 1.82) is 0 Å². The van der Waals surface area contributed by atoms with E-state index in [-0.39, 0.29) is 8.22 Å². The first-order valence-electron chi connectivity index (χ1n) is 4.19. The molecule has 0 atom stereocenters. The molecule has 2 aliphatic heterocycles. The van der Waals surface area contributed by atoms with Crippen molar-refractivity contribution in [3.05, 3.63) is 0 Å². The Hall–Kier alpha value is 0.350. The average Bonchev–Trinajstić information content (AvgIpc) is 2.77. The van der Waals surface area contributed by atoms with Crippen molar-refractivity contribution in [1.82, 2.24) is 9.34 Å². The Balaban J connectivity index is 1.80. The van der Waals surface area contributed by atoms with Gasteiger partial charge in [0.1, 0.15) is 0 Å². The van der Waals surface area contributed by atoms with Gasteiger partial charge in [0.15, 0.2) is 0 Å². The zero-order valence-corrected chi connectivity index (χ0v) is 7.48. The van der Waals surface area contributed by atoms with Crippen molar-refractivity contribution in [3.63, 3.8) is 0 Å². The van der Waals surface area contributed by atoms with E-state index >= 15 is 0 Å². The normalized spacial score (nSPS) is 25.8. The van der Waals surface area contributed by atoms with E-state index in [0.29, 0.717) is 0 Å². The summed E-state index contributed by atoms with van der Waals surface area (Å²) in [6.07, 6.45) is 2.80. The number of hydrogen-bond donors (Lipinski definition) is 0. The summed E-state index contributed by atoms with van der Waals surface area (Å²) in [7, 11) is 0.210. The molecule has 0 saturated carbocycles. The molecule has 10 heavy (non-hydrogen) atoms. The average molecular weight is 158 g/mol. The van der Waals surface area contributed by atoms with E-state index in [1.165, 1.54) is 38.8 Å². The molecular weight excluding hydrogens is 143 g/mol. The highest BCUT2D eigenvalue weighted by molar-refractivity contribution is 7.53. The molecule has 0 N–H and O–H groups in total. The predicted molar refractivity (Wildman–Crippen MR) is 45.2 cm³/mol. The first kappa shape index (κ1) is 7.02. The molecular formula is C7H15N2P. The van der Waals surface area contributed by atoms with Crippen molar-refractivity contribution < 1.29 is 0 Å². The molecule has 0 amide bonds. The summed E-state index contributed by atoms with van der Waals surface area (Å²) in [6, 6.07) is 0. The Morgan fingerprint density at radius 3 is 1.90 bits per heavy atom. The topological polar surface area (TPSA) is 6.02 Å². The monoisotopic (exact) mass is 158 g/mol. The zero-order valence-electron chi connectivity index (χ0n) is 6.58. The first-order valence-corrected chi connectivity index (χ1v) is 5.62. The predicted octanol–water partition coefficient (Wildman–Crippen LogP) is 1.34. The van der Waals surface area contributed by atoms with Crippen LogP contribution in [-0.2, 0) is 0 Å². The van der Waals surface area contributed by atoms with Crippen molar-refractivity contribution in [2.24, 2.45) is 0 Å². The number of hydrogen-bond acceptors (Lipinski definition) is 2. The molecule has 2 saturated heterocycles. The van der Waals surface area contributed by atoms with Crippen LogP contribution in [0.4, 0.5) is 0 Å². The largest absolute Gasteiger partial charge is 0.267 e. The van der Waals surface area contributed by atoms with Crippen LogP contribution in [-0.4, -0.2) is 41.7 Å².